The van der Waals surface area contributed by atoms with Crippen LogP contribution in [0.3, 0.4) is 0 Å². The van der Waals surface area contributed by atoms with Crippen LogP contribution in [0.1, 0.15) is 27.4 Å². The topological polar surface area (TPSA) is 80.1 Å². The molecule has 4 rings (SSSR count). The number of fused-ring (bicyclic) bond motifs is 1. The number of hydrogen-bond acceptors (Lipinski definition) is 5. The first-order valence-electron chi connectivity index (χ1n) is 8.32. The molecule has 6 nitrogen and oxygen atoms in total. The molecule has 1 aromatic carbocycles. The average Bonchev–Trinajstić information content (AvgIpc) is 3.45. The van der Waals surface area contributed by atoms with Crippen molar-refractivity contribution >= 4 is 40.3 Å². The summed E-state index contributed by atoms with van der Waals surface area (Å²) in [5.41, 5.74) is 3.07. The molecule has 7 heteroatoms. The number of nitrogens with zero attached hydrogens (tertiary/aromatic N) is 1. The Bertz CT molecular complexity index is 1080. The summed E-state index contributed by atoms with van der Waals surface area (Å²) >= 11 is 1.63. The van der Waals surface area contributed by atoms with Crippen molar-refractivity contribution in [3.8, 4) is 5.75 Å². The quantitative estimate of drug-likeness (QED) is 0.523. The number of carbonyl (C=O) groups excluding carboxylic acids is 1. The molecule has 0 unspecified atom stereocenters. The first-order chi connectivity index (χ1) is 13.3. The molecule has 0 aliphatic heterocycles. The highest BCUT2D eigenvalue weighted by Gasteiger charge is 2.19. The van der Waals surface area contributed by atoms with E-state index in [2.05, 4.69) is 20.9 Å². The Balaban J connectivity index is 1.67. The zero-order chi connectivity index (χ0) is 18.6. The molecular weight excluding hydrogens is 362 g/mol. The first-order valence-corrected chi connectivity index (χ1v) is 9.26. The van der Waals surface area contributed by atoms with Crippen LogP contribution in [0.2, 0.25) is 0 Å². The van der Waals surface area contributed by atoms with Crippen molar-refractivity contribution in [2.24, 2.45) is 0 Å². The Morgan fingerprint density at radius 2 is 2.26 bits per heavy atom. The van der Waals surface area contributed by atoms with E-state index in [0.717, 1.165) is 16.5 Å². The molecule has 2 N–H and O–H groups in total. The molecule has 0 aliphatic rings. The lowest BCUT2D eigenvalue weighted by Crippen LogP contribution is -2.23. The van der Waals surface area contributed by atoms with Crippen LogP contribution >= 0.6 is 11.3 Å². The first kappa shape index (κ1) is 17.1. The van der Waals surface area contributed by atoms with Gasteiger partial charge in [-0.2, -0.15) is 16.4 Å². The number of hydrogen-bond donors (Lipinski definition) is 2. The fourth-order valence-electron chi connectivity index (χ4n) is 2.84. The highest BCUT2D eigenvalue weighted by Crippen LogP contribution is 2.32. The van der Waals surface area contributed by atoms with E-state index in [1.165, 1.54) is 0 Å². The number of ether oxygens (including phenoxy) is 1. The van der Waals surface area contributed by atoms with Crippen molar-refractivity contribution in [1.82, 2.24) is 15.5 Å². The van der Waals surface area contributed by atoms with E-state index in [1.807, 2.05) is 35.7 Å². The fourth-order valence-corrected chi connectivity index (χ4v) is 3.47. The molecule has 0 bridgehead atoms. The summed E-state index contributed by atoms with van der Waals surface area (Å²) < 4.78 is 10.8. The van der Waals surface area contributed by atoms with Gasteiger partial charge in [-0.3, -0.25) is 9.89 Å². The van der Waals surface area contributed by atoms with Crippen molar-refractivity contribution in [3.63, 3.8) is 0 Å². The normalized spacial score (nSPS) is 11.3. The van der Waals surface area contributed by atoms with Crippen LogP contribution in [-0.4, -0.2) is 23.2 Å². The second-order valence-corrected chi connectivity index (χ2v) is 6.61. The Hall–Kier alpha value is -3.32. The molecule has 4 aromatic rings. The third-order valence-electron chi connectivity index (χ3n) is 4.14. The van der Waals surface area contributed by atoms with Crippen molar-refractivity contribution in [3.05, 3.63) is 69.9 Å². The molecule has 0 saturated carbocycles. The molecule has 0 radical (unpaired) electrons. The minimum absolute atomic E-state index is 0.237. The number of methoxy groups -OCH3 is 1. The summed E-state index contributed by atoms with van der Waals surface area (Å²) in [4.78, 5) is 12.7. The molecule has 0 atom stereocenters. The van der Waals surface area contributed by atoms with Gasteiger partial charge in [0, 0.05) is 0 Å². The van der Waals surface area contributed by atoms with Crippen LogP contribution in [0.25, 0.3) is 23.1 Å². The molecule has 0 aliphatic carbocycles. The van der Waals surface area contributed by atoms with Gasteiger partial charge in [0.1, 0.15) is 11.5 Å². The molecule has 0 saturated heterocycles. The Morgan fingerprint density at radius 3 is 3.00 bits per heavy atom. The number of aromatic amines is 1. The Kier molecular flexibility index (Phi) is 4.76. The summed E-state index contributed by atoms with van der Waals surface area (Å²) in [5.74, 6) is 0.938. The summed E-state index contributed by atoms with van der Waals surface area (Å²) in [5, 5.41) is 15.0. The van der Waals surface area contributed by atoms with E-state index < -0.39 is 0 Å². The van der Waals surface area contributed by atoms with E-state index in [4.69, 9.17) is 9.15 Å². The van der Waals surface area contributed by atoms with Gasteiger partial charge < -0.3 is 14.5 Å². The summed E-state index contributed by atoms with van der Waals surface area (Å²) in [7, 11) is 1.55. The summed E-state index contributed by atoms with van der Waals surface area (Å²) in [6.45, 7) is 0.309. The van der Waals surface area contributed by atoms with Gasteiger partial charge in [-0.25, -0.2) is 0 Å². The van der Waals surface area contributed by atoms with Gasteiger partial charge >= 0.3 is 0 Å². The number of aromatic nitrogens is 2. The number of benzene rings is 1. The number of thiophene rings is 1. The third-order valence-corrected chi connectivity index (χ3v) is 4.84. The average molecular weight is 379 g/mol. The highest BCUT2D eigenvalue weighted by molar-refractivity contribution is 7.08. The molecule has 3 aromatic heterocycles. The molecular formula is C20H17N3O3S. The predicted octanol–water partition coefficient (Wildman–Crippen LogP) is 4.33. The number of furan rings is 1. The monoisotopic (exact) mass is 379 g/mol. The molecule has 27 heavy (non-hydrogen) atoms. The molecule has 3 heterocycles. The van der Waals surface area contributed by atoms with Gasteiger partial charge in [0.15, 0.2) is 0 Å². The van der Waals surface area contributed by atoms with E-state index in [-0.39, 0.29) is 5.91 Å². The lowest BCUT2D eigenvalue weighted by Gasteiger charge is -2.10. The van der Waals surface area contributed by atoms with Crippen LogP contribution < -0.4 is 10.1 Å². The van der Waals surface area contributed by atoms with Gasteiger partial charge in [-0.1, -0.05) is 6.08 Å². The fraction of sp³-hybridized carbons (Fsp3) is 0.100. The van der Waals surface area contributed by atoms with Crippen LogP contribution in [0.5, 0.6) is 5.75 Å². The van der Waals surface area contributed by atoms with Crippen molar-refractivity contribution in [2.45, 2.75) is 6.54 Å². The number of nitrogens with one attached hydrogen (secondary N) is 2. The number of amides is 1. The van der Waals surface area contributed by atoms with Crippen molar-refractivity contribution < 1.29 is 13.9 Å². The van der Waals surface area contributed by atoms with Gasteiger partial charge in [-0.05, 0) is 52.7 Å². The number of H-pyrrole nitrogens is 1. The third kappa shape index (κ3) is 3.50. The van der Waals surface area contributed by atoms with Crippen molar-refractivity contribution in [1.29, 1.82) is 0 Å². The zero-order valence-corrected chi connectivity index (χ0v) is 15.4. The lowest BCUT2D eigenvalue weighted by atomic mass is 10.1. The highest BCUT2D eigenvalue weighted by atomic mass is 32.1. The van der Waals surface area contributed by atoms with Crippen LogP contribution in [0.4, 0.5) is 0 Å². The van der Waals surface area contributed by atoms with Crippen LogP contribution in [-0.2, 0) is 6.54 Å². The van der Waals surface area contributed by atoms with E-state index in [9.17, 15) is 4.79 Å². The maximum Gasteiger partial charge on any atom is 0.255 e. The van der Waals surface area contributed by atoms with Crippen molar-refractivity contribution in [2.75, 3.05) is 7.11 Å². The molecule has 0 spiro atoms. The molecule has 1 amide bonds. The standard InChI is InChI=1S/C20H17N3O3S/c1-25-19-15(20(24)21-11-14-3-2-9-26-14)5-7-17-18(19)16(22-23-17)6-4-13-8-10-27-12-13/h2-10,12H,11H2,1H3,(H,21,24)(H,22,23). The maximum atomic E-state index is 12.7. The van der Waals surface area contributed by atoms with E-state index >= 15 is 0 Å². The van der Waals surface area contributed by atoms with E-state index in [1.54, 1.807) is 36.8 Å². The van der Waals surface area contributed by atoms with Gasteiger partial charge in [0.05, 0.1) is 42.1 Å². The Morgan fingerprint density at radius 1 is 1.33 bits per heavy atom. The lowest BCUT2D eigenvalue weighted by molar-refractivity contribution is 0.0945. The van der Waals surface area contributed by atoms with Crippen LogP contribution in [0.15, 0.2) is 51.8 Å². The van der Waals surface area contributed by atoms with Gasteiger partial charge in [0.2, 0.25) is 0 Å². The van der Waals surface area contributed by atoms with Crippen LogP contribution in [0, 0.1) is 0 Å². The second kappa shape index (κ2) is 7.51. The Labute approximate surface area is 159 Å². The second-order valence-electron chi connectivity index (χ2n) is 5.83. The minimum Gasteiger partial charge on any atom is -0.495 e. The largest absolute Gasteiger partial charge is 0.495 e. The molecule has 0 fully saturated rings. The van der Waals surface area contributed by atoms with Gasteiger partial charge in [-0.15, -0.1) is 0 Å². The van der Waals surface area contributed by atoms with E-state index in [0.29, 0.717) is 29.3 Å². The molecule has 136 valence electrons. The summed E-state index contributed by atoms with van der Waals surface area (Å²) in [6.07, 6.45) is 5.47. The summed E-state index contributed by atoms with van der Waals surface area (Å²) in [6, 6.07) is 9.17. The maximum absolute atomic E-state index is 12.7. The predicted molar refractivity (Wildman–Crippen MR) is 106 cm³/mol. The smallest absolute Gasteiger partial charge is 0.255 e. The SMILES string of the molecule is COc1c(C(=O)NCc2ccco2)ccc2[nH]nc(C=Cc3ccsc3)c12. The van der Waals surface area contributed by atoms with Gasteiger partial charge in [0.25, 0.3) is 5.91 Å². The number of rotatable bonds is 6. The minimum atomic E-state index is -0.237. The zero-order valence-electron chi connectivity index (χ0n) is 14.6. The number of carbonyl (C=O) groups is 1.